The number of carbonyl (C=O) groups is 1. The molecule has 0 aliphatic heterocycles. The van der Waals surface area contributed by atoms with E-state index in [-0.39, 0.29) is 17.9 Å². The van der Waals surface area contributed by atoms with Gasteiger partial charge in [-0.1, -0.05) is 42.5 Å². The molecule has 0 heterocycles. The van der Waals surface area contributed by atoms with Crippen molar-refractivity contribution in [2.24, 2.45) is 0 Å². The Morgan fingerprint density at radius 2 is 1.91 bits per heavy atom. The van der Waals surface area contributed by atoms with Crippen molar-refractivity contribution in [3.8, 4) is 11.8 Å². The summed E-state index contributed by atoms with van der Waals surface area (Å²) in [6.07, 6.45) is 0. The minimum atomic E-state index is -0.601. The molecule has 4 heteroatoms. The van der Waals surface area contributed by atoms with Gasteiger partial charge in [0.2, 0.25) is 0 Å². The maximum Gasteiger partial charge on any atom is 0.342 e. The number of aromatic hydroxyl groups is 1. The van der Waals surface area contributed by atoms with Crippen molar-refractivity contribution in [2.75, 3.05) is 0 Å². The summed E-state index contributed by atoms with van der Waals surface area (Å²) >= 11 is 0. The Balaban J connectivity index is 1.81. The van der Waals surface area contributed by atoms with E-state index in [1.165, 1.54) is 0 Å². The molecule has 0 unspecified atom stereocenters. The van der Waals surface area contributed by atoms with Gasteiger partial charge in [0.1, 0.15) is 17.9 Å². The number of fused-ring (bicyclic) bond motifs is 1. The Labute approximate surface area is 133 Å². The molecule has 0 aliphatic carbocycles. The summed E-state index contributed by atoms with van der Waals surface area (Å²) < 4.78 is 5.24. The average molecular weight is 303 g/mol. The second kappa shape index (κ2) is 6.20. The Morgan fingerprint density at radius 3 is 2.74 bits per heavy atom. The van der Waals surface area contributed by atoms with Gasteiger partial charge in [0.05, 0.1) is 11.6 Å². The number of carbonyl (C=O) groups excluding carboxylic acids is 1. The second-order valence-electron chi connectivity index (χ2n) is 5.07. The maximum atomic E-state index is 12.2. The summed E-state index contributed by atoms with van der Waals surface area (Å²) in [6, 6.07) is 19.5. The maximum absolute atomic E-state index is 12.2. The lowest BCUT2D eigenvalue weighted by Crippen LogP contribution is -2.06. The number of phenols is 1. The van der Waals surface area contributed by atoms with E-state index in [0.29, 0.717) is 10.9 Å². The number of rotatable bonds is 3. The second-order valence-corrected chi connectivity index (χ2v) is 5.07. The molecule has 0 atom stereocenters. The third kappa shape index (κ3) is 2.99. The third-order valence-corrected chi connectivity index (χ3v) is 3.55. The molecule has 0 radical (unpaired) electrons. The van der Waals surface area contributed by atoms with Crippen LogP contribution in [0.15, 0.2) is 60.7 Å². The van der Waals surface area contributed by atoms with E-state index in [1.54, 1.807) is 48.5 Å². The fraction of sp³-hybridized carbons (Fsp3) is 0.0526. The van der Waals surface area contributed by atoms with Crippen molar-refractivity contribution in [2.45, 2.75) is 6.61 Å². The van der Waals surface area contributed by atoms with Crippen LogP contribution in [0.2, 0.25) is 0 Å². The fourth-order valence-electron chi connectivity index (χ4n) is 2.38. The van der Waals surface area contributed by atoms with Crippen LogP contribution in [0.5, 0.6) is 5.75 Å². The molecular weight excluding hydrogens is 290 g/mol. The Morgan fingerprint density at radius 1 is 1.09 bits per heavy atom. The molecule has 0 bridgehead atoms. The summed E-state index contributed by atoms with van der Waals surface area (Å²) in [5.74, 6) is -0.686. The van der Waals surface area contributed by atoms with Gasteiger partial charge >= 0.3 is 5.97 Å². The number of nitrogens with zero attached hydrogens (tertiary/aromatic N) is 1. The summed E-state index contributed by atoms with van der Waals surface area (Å²) in [7, 11) is 0. The zero-order valence-electron chi connectivity index (χ0n) is 12.2. The van der Waals surface area contributed by atoms with E-state index in [0.717, 1.165) is 10.9 Å². The van der Waals surface area contributed by atoms with E-state index in [4.69, 9.17) is 10.00 Å². The van der Waals surface area contributed by atoms with Crippen LogP contribution in [0.25, 0.3) is 10.8 Å². The Kier molecular flexibility index (Phi) is 3.94. The highest BCUT2D eigenvalue weighted by molar-refractivity contribution is 6.01. The Bertz CT molecular complexity index is 925. The van der Waals surface area contributed by atoms with Gasteiger partial charge in [0, 0.05) is 5.39 Å². The molecule has 1 N–H and O–H groups in total. The van der Waals surface area contributed by atoms with Gasteiger partial charge in [-0.15, -0.1) is 0 Å². The van der Waals surface area contributed by atoms with E-state index < -0.39 is 5.97 Å². The average Bonchev–Trinajstić information content (AvgIpc) is 2.60. The van der Waals surface area contributed by atoms with Gasteiger partial charge < -0.3 is 9.84 Å². The molecule has 3 rings (SSSR count). The number of esters is 1. The molecule has 3 aromatic carbocycles. The Hall–Kier alpha value is -3.32. The molecule has 0 spiro atoms. The van der Waals surface area contributed by atoms with Crippen LogP contribution in [0.3, 0.4) is 0 Å². The minimum Gasteiger partial charge on any atom is -0.506 e. The highest BCUT2D eigenvalue weighted by Gasteiger charge is 2.15. The van der Waals surface area contributed by atoms with Crippen molar-refractivity contribution in [1.82, 2.24) is 0 Å². The predicted octanol–water partition coefficient (Wildman–Crippen LogP) is 3.77. The normalized spacial score (nSPS) is 10.2. The van der Waals surface area contributed by atoms with Gasteiger partial charge in [-0.2, -0.15) is 5.26 Å². The first kappa shape index (κ1) is 14.6. The van der Waals surface area contributed by atoms with Crippen LogP contribution in [0.4, 0.5) is 0 Å². The van der Waals surface area contributed by atoms with E-state index in [2.05, 4.69) is 0 Å². The molecule has 0 saturated carbocycles. The SMILES string of the molecule is N#Cc1cccc(COC(=O)c2ccc3ccccc3c2O)c1. The highest BCUT2D eigenvalue weighted by Crippen LogP contribution is 2.29. The first-order valence-corrected chi connectivity index (χ1v) is 7.06. The van der Waals surface area contributed by atoms with Crippen molar-refractivity contribution in [3.63, 3.8) is 0 Å². The van der Waals surface area contributed by atoms with Crippen LogP contribution < -0.4 is 0 Å². The largest absolute Gasteiger partial charge is 0.506 e. The number of phenolic OH excluding ortho intramolecular Hbond substituents is 1. The van der Waals surface area contributed by atoms with E-state index >= 15 is 0 Å². The van der Waals surface area contributed by atoms with E-state index in [1.807, 2.05) is 18.2 Å². The molecule has 112 valence electrons. The van der Waals surface area contributed by atoms with Gasteiger partial charge in [-0.05, 0) is 29.1 Å². The molecule has 23 heavy (non-hydrogen) atoms. The van der Waals surface area contributed by atoms with Crippen molar-refractivity contribution < 1.29 is 14.6 Å². The summed E-state index contributed by atoms with van der Waals surface area (Å²) in [5.41, 5.74) is 1.35. The van der Waals surface area contributed by atoms with Crippen molar-refractivity contribution in [1.29, 1.82) is 5.26 Å². The lowest BCUT2D eigenvalue weighted by Gasteiger charge is -2.09. The molecule has 0 aromatic heterocycles. The first-order chi connectivity index (χ1) is 11.2. The molecule has 0 saturated heterocycles. The predicted molar refractivity (Wildman–Crippen MR) is 85.9 cm³/mol. The molecule has 0 amide bonds. The standard InChI is InChI=1S/C19H13NO3/c20-11-13-4-3-5-14(10-13)12-23-19(22)17-9-8-15-6-1-2-7-16(15)18(17)21/h1-10,21H,12H2. The molecular formula is C19H13NO3. The van der Waals surface area contributed by atoms with Crippen LogP contribution in [-0.4, -0.2) is 11.1 Å². The number of hydrogen-bond donors (Lipinski definition) is 1. The third-order valence-electron chi connectivity index (χ3n) is 3.55. The van der Waals surface area contributed by atoms with Gasteiger partial charge in [0.15, 0.2) is 0 Å². The summed E-state index contributed by atoms with van der Waals surface area (Å²) in [4.78, 5) is 12.2. The van der Waals surface area contributed by atoms with Gasteiger partial charge in [-0.3, -0.25) is 0 Å². The highest BCUT2D eigenvalue weighted by atomic mass is 16.5. The van der Waals surface area contributed by atoms with Crippen molar-refractivity contribution >= 4 is 16.7 Å². The van der Waals surface area contributed by atoms with Crippen molar-refractivity contribution in [3.05, 3.63) is 77.4 Å². The smallest absolute Gasteiger partial charge is 0.342 e. The lowest BCUT2D eigenvalue weighted by molar-refractivity contribution is 0.0469. The first-order valence-electron chi connectivity index (χ1n) is 7.06. The quantitative estimate of drug-likeness (QED) is 0.748. The summed E-state index contributed by atoms with van der Waals surface area (Å²) in [6.45, 7) is 0.0423. The van der Waals surface area contributed by atoms with Crippen LogP contribution in [0.1, 0.15) is 21.5 Å². The molecule has 4 nitrogen and oxygen atoms in total. The molecule has 0 fully saturated rings. The fourth-order valence-corrected chi connectivity index (χ4v) is 2.38. The van der Waals surface area contributed by atoms with Crippen LogP contribution >= 0.6 is 0 Å². The van der Waals surface area contributed by atoms with Crippen LogP contribution in [-0.2, 0) is 11.3 Å². The monoisotopic (exact) mass is 303 g/mol. The molecule has 0 aliphatic rings. The van der Waals surface area contributed by atoms with Crippen LogP contribution in [0, 0.1) is 11.3 Å². The lowest BCUT2D eigenvalue weighted by atomic mass is 10.1. The number of ether oxygens (including phenoxy) is 1. The van der Waals surface area contributed by atoms with E-state index in [9.17, 15) is 9.90 Å². The topological polar surface area (TPSA) is 70.3 Å². The zero-order chi connectivity index (χ0) is 16.2. The number of benzene rings is 3. The summed E-state index contributed by atoms with van der Waals surface area (Å²) in [5, 5.41) is 20.6. The number of hydrogen-bond acceptors (Lipinski definition) is 4. The zero-order valence-corrected chi connectivity index (χ0v) is 12.2. The number of nitriles is 1. The van der Waals surface area contributed by atoms with Gasteiger partial charge in [0.25, 0.3) is 0 Å². The van der Waals surface area contributed by atoms with Gasteiger partial charge in [-0.25, -0.2) is 4.79 Å². The molecule has 3 aromatic rings. The minimum absolute atomic E-state index is 0.0423.